The van der Waals surface area contributed by atoms with Gasteiger partial charge in [0, 0.05) is 24.0 Å². The van der Waals surface area contributed by atoms with Crippen LogP contribution in [0.1, 0.15) is 29.8 Å². The van der Waals surface area contributed by atoms with Gasteiger partial charge in [0.2, 0.25) is 0 Å². The van der Waals surface area contributed by atoms with Gasteiger partial charge in [0.1, 0.15) is 10.7 Å². The zero-order chi connectivity index (χ0) is 15.1. The van der Waals surface area contributed by atoms with E-state index in [0.29, 0.717) is 17.8 Å². The molecule has 4 nitrogen and oxygen atoms in total. The van der Waals surface area contributed by atoms with E-state index in [1.807, 2.05) is 17.5 Å². The molecule has 0 aliphatic carbocycles. The summed E-state index contributed by atoms with van der Waals surface area (Å²) in [4.78, 5) is 20.7. The quantitative estimate of drug-likeness (QED) is 0.841. The molecular formula is C15H16BrN3OS2. The van der Waals surface area contributed by atoms with Crippen LogP contribution in [0.15, 0.2) is 21.3 Å². The standard InChI is InChI=1S/C15H16BrN3OS2/c16-13-4-3-12(22-13)14-18-11(8-21-14)15(20)19-9-1-2-10(19)7-17-6-5-9/h3-4,8-10,17H,1-2,5-7H2. The molecule has 1 N–H and O–H groups in total. The monoisotopic (exact) mass is 397 g/mol. The number of aromatic nitrogens is 1. The zero-order valence-electron chi connectivity index (χ0n) is 11.9. The third-order valence-corrected chi connectivity index (χ3v) is 7.03. The Balaban J connectivity index is 1.59. The average Bonchev–Trinajstić information content (AvgIpc) is 3.16. The largest absolute Gasteiger partial charge is 0.330 e. The van der Waals surface area contributed by atoms with Gasteiger partial charge in [-0.1, -0.05) is 0 Å². The van der Waals surface area contributed by atoms with Crippen molar-refractivity contribution in [2.75, 3.05) is 13.1 Å². The molecular weight excluding hydrogens is 382 g/mol. The number of thiophene rings is 1. The van der Waals surface area contributed by atoms with Crippen LogP contribution in [-0.2, 0) is 0 Å². The number of carbonyl (C=O) groups is 1. The van der Waals surface area contributed by atoms with Crippen LogP contribution in [0.2, 0.25) is 0 Å². The average molecular weight is 398 g/mol. The van der Waals surface area contributed by atoms with E-state index < -0.39 is 0 Å². The lowest BCUT2D eigenvalue weighted by molar-refractivity contribution is 0.0675. The molecule has 2 saturated heterocycles. The Labute approximate surface area is 145 Å². The summed E-state index contributed by atoms with van der Waals surface area (Å²) in [6, 6.07) is 4.78. The minimum Gasteiger partial charge on any atom is -0.330 e. The van der Waals surface area contributed by atoms with Gasteiger partial charge in [-0.2, -0.15) is 0 Å². The highest BCUT2D eigenvalue weighted by Crippen LogP contribution is 2.34. The van der Waals surface area contributed by atoms with Crippen molar-refractivity contribution in [3.05, 3.63) is 27.0 Å². The van der Waals surface area contributed by atoms with E-state index in [1.165, 1.54) is 0 Å². The topological polar surface area (TPSA) is 45.2 Å². The molecule has 2 atom stereocenters. The first-order valence-corrected chi connectivity index (χ1v) is 9.96. The Kier molecular flexibility index (Phi) is 4.06. The second kappa shape index (κ2) is 6.03. The molecule has 7 heteroatoms. The van der Waals surface area contributed by atoms with Gasteiger partial charge in [0.05, 0.1) is 8.66 Å². The molecule has 4 rings (SSSR count). The van der Waals surface area contributed by atoms with Gasteiger partial charge >= 0.3 is 0 Å². The maximum atomic E-state index is 12.9. The normalized spacial score (nSPS) is 24.5. The first kappa shape index (κ1) is 14.8. The van der Waals surface area contributed by atoms with Crippen molar-refractivity contribution in [2.45, 2.75) is 31.3 Å². The molecule has 2 aromatic heterocycles. The van der Waals surface area contributed by atoms with E-state index in [0.717, 1.165) is 46.0 Å². The van der Waals surface area contributed by atoms with Crippen molar-refractivity contribution in [1.82, 2.24) is 15.2 Å². The number of rotatable bonds is 2. The molecule has 116 valence electrons. The number of carbonyl (C=O) groups excluding carboxylic acids is 1. The zero-order valence-corrected chi connectivity index (χ0v) is 15.1. The maximum absolute atomic E-state index is 12.9. The Bertz CT molecular complexity index is 685. The first-order valence-electron chi connectivity index (χ1n) is 7.47. The predicted octanol–water partition coefficient (Wildman–Crippen LogP) is 3.60. The summed E-state index contributed by atoms with van der Waals surface area (Å²) in [6.45, 7) is 1.92. The summed E-state index contributed by atoms with van der Waals surface area (Å²) < 4.78 is 1.09. The second-order valence-electron chi connectivity index (χ2n) is 5.73. The van der Waals surface area contributed by atoms with Crippen LogP contribution in [0.3, 0.4) is 0 Å². The molecule has 4 heterocycles. The van der Waals surface area contributed by atoms with Crippen LogP contribution in [0.25, 0.3) is 9.88 Å². The van der Waals surface area contributed by atoms with E-state index >= 15 is 0 Å². The van der Waals surface area contributed by atoms with Crippen LogP contribution < -0.4 is 5.32 Å². The van der Waals surface area contributed by atoms with Crippen molar-refractivity contribution in [1.29, 1.82) is 0 Å². The Morgan fingerprint density at radius 3 is 3.00 bits per heavy atom. The molecule has 2 aromatic rings. The first-order chi connectivity index (χ1) is 10.7. The fourth-order valence-corrected chi connectivity index (χ4v) is 5.61. The second-order valence-corrected chi connectivity index (χ2v) is 9.05. The van der Waals surface area contributed by atoms with Gasteiger partial charge in [-0.25, -0.2) is 4.98 Å². The fourth-order valence-electron chi connectivity index (χ4n) is 3.36. The molecule has 2 aliphatic heterocycles. The Morgan fingerprint density at radius 1 is 1.32 bits per heavy atom. The minimum absolute atomic E-state index is 0.106. The molecule has 1 amide bonds. The highest BCUT2D eigenvalue weighted by Gasteiger charge is 2.39. The lowest BCUT2D eigenvalue weighted by atomic mass is 10.1. The summed E-state index contributed by atoms with van der Waals surface area (Å²) in [5.41, 5.74) is 0.600. The van der Waals surface area contributed by atoms with Gasteiger partial charge in [-0.05, 0) is 53.9 Å². The van der Waals surface area contributed by atoms with Crippen molar-refractivity contribution < 1.29 is 4.79 Å². The van der Waals surface area contributed by atoms with E-state index in [2.05, 4.69) is 31.1 Å². The van der Waals surface area contributed by atoms with E-state index in [-0.39, 0.29) is 5.91 Å². The lowest BCUT2D eigenvalue weighted by Crippen LogP contribution is -2.42. The molecule has 2 unspecified atom stereocenters. The van der Waals surface area contributed by atoms with Gasteiger partial charge in [0.25, 0.3) is 5.91 Å². The molecule has 0 aromatic carbocycles. The van der Waals surface area contributed by atoms with Gasteiger partial charge in [-0.3, -0.25) is 4.79 Å². The van der Waals surface area contributed by atoms with E-state index in [1.54, 1.807) is 22.7 Å². The Hall–Kier alpha value is -0.760. The van der Waals surface area contributed by atoms with Crippen molar-refractivity contribution >= 4 is 44.5 Å². The molecule has 22 heavy (non-hydrogen) atoms. The highest BCUT2D eigenvalue weighted by molar-refractivity contribution is 9.11. The summed E-state index contributed by atoms with van der Waals surface area (Å²) in [5, 5.41) is 6.27. The summed E-state index contributed by atoms with van der Waals surface area (Å²) >= 11 is 6.67. The number of thiazole rings is 1. The number of halogens is 1. The molecule has 2 aliphatic rings. The van der Waals surface area contributed by atoms with Gasteiger partial charge in [-0.15, -0.1) is 22.7 Å². The third-order valence-electron chi connectivity index (χ3n) is 4.40. The minimum atomic E-state index is 0.106. The van der Waals surface area contributed by atoms with Gasteiger partial charge in [0.15, 0.2) is 0 Å². The van der Waals surface area contributed by atoms with Crippen LogP contribution in [0, 0.1) is 0 Å². The molecule has 0 radical (unpaired) electrons. The van der Waals surface area contributed by atoms with E-state index in [4.69, 9.17) is 0 Å². The van der Waals surface area contributed by atoms with Crippen LogP contribution in [-0.4, -0.2) is 41.0 Å². The van der Waals surface area contributed by atoms with Gasteiger partial charge < -0.3 is 10.2 Å². The predicted molar refractivity (Wildman–Crippen MR) is 93.6 cm³/mol. The number of hydrogen-bond donors (Lipinski definition) is 1. The van der Waals surface area contributed by atoms with Crippen LogP contribution in [0.4, 0.5) is 0 Å². The number of fused-ring (bicyclic) bond motifs is 2. The van der Waals surface area contributed by atoms with E-state index in [9.17, 15) is 4.79 Å². The lowest BCUT2D eigenvalue weighted by Gasteiger charge is -2.27. The summed E-state index contributed by atoms with van der Waals surface area (Å²) in [5.74, 6) is 0.106. The number of hydrogen-bond acceptors (Lipinski definition) is 5. The van der Waals surface area contributed by atoms with Crippen molar-refractivity contribution in [3.8, 4) is 9.88 Å². The number of amides is 1. The third kappa shape index (κ3) is 2.64. The highest BCUT2D eigenvalue weighted by atomic mass is 79.9. The number of nitrogens with one attached hydrogen (secondary N) is 1. The molecule has 0 saturated carbocycles. The van der Waals surface area contributed by atoms with Crippen LogP contribution in [0.5, 0.6) is 0 Å². The summed E-state index contributed by atoms with van der Waals surface area (Å²) in [6.07, 6.45) is 3.29. The van der Waals surface area contributed by atoms with Crippen LogP contribution >= 0.6 is 38.6 Å². The molecule has 2 bridgehead atoms. The maximum Gasteiger partial charge on any atom is 0.273 e. The Morgan fingerprint density at radius 2 is 2.18 bits per heavy atom. The van der Waals surface area contributed by atoms with Crippen molar-refractivity contribution in [3.63, 3.8) is 0 Å². The SMILES string of the molecule is O=C(c1csc(-c2ccc(Br)s2)n1)N1C2CCNCC1CC2. The van der Waals surface area contributed by atoms with Crippen molar-refractivity contribution in [2.24, 2.45) is 0 Å². The summed E-state index contributed by atoms with van der Waals surface area (Å²) in [7, 11) is 0. The number of nitrogens with zero attached hydrogens (tertiary/aromatic N) is 2. The molecule has 0 spiro atoms. The fraction of sp³-hybridized carbons (Fsp3) is 0.467. The smallest absolute Gasteiger partial charge is 0.273 e. The molecule has 2 fully saturated rings.